The molecule has 1 fully saturated rings. The fraction of sp³-hybridized carbons (Fsp3) is 0.333. The van der Waals surface area contributed by atoms with Gasteiger partial charge in [-0.25, -0.2) is 15.0 Å². The van der Waals surface area contributed by atoms with Gasteiger partial charge in [0.05, 0.1) is 12.4 Å². The molecule has 1 aromatic carbocycles. The number of nitrogens with zero attached hydrogens (tertiary/aromatic N) is 4. The molecule has 3 atom stereocenters. The first-order chi connectivity index (χ1) is 13.2. The second-order valence-corrected chi connectivity index (χ2v) is 6.51. The molecule has 0 aliphatic carbocycles. The van der Waals surface area contributed by atoms with E-state index in [4.69, 9.17) is 32.2 Å². The predicted octanol–water partition coefficient (Wildman–Crippen LogP) is 2.86. The Kier molecular flexibility index (Phi) is 4.87. The number of imidazole rings is 1. The number of aromatic nitrogens is 4. The Balaban J connectivity index is 1.48. The number of para-hydroxylation sites is 1. The average Bonchev–Trinajstić information content (AvgIpc) is 3.27. The highest BCUT2D eigenvalue weighted by Gasteiger charge is 2.38. The van der Waals surface area contributed by atoms with Crippen molar-refractivity contribution in [2.75, 3.05) is 5.73 Å². The van der Waals surface area contributed by atoms with Crippen molar-refractivity contribution in [3.05, 3.63) is 43.0 Å². The van der Waals surface area contributed by atoms with Gasteiger partial charge >= 0.3 is 5.24 Å². The van der Waals surface area contributed by atoms with Crippen molar-refractivity contribution in [1.82, 2.24) is 19.5 Å². The summed E-state index contributed by atoms with van der Waals surface area (Å²) in [5, 5.41) is 0.0796. The van der Waals surface area contributed by atoms with Crippen LogP contribution in [0.5, 0.6) is 5.75 Å². The second-order valence-electron chi connectivity index (χ2n) is 6.18. The molecule has 2 aromatic heterocycles. The molecule has 1 aliphatic rings. The van der Waals surface area contributed by atoms with Crippen molar-refractivity contribution in [2.45, 2.75) is 38.2 Å². The van der Waals surface area contributed by atoms with Crippen molar-refractivity contribution in [3.63, 3.8) is 0 Å². The Bertz CT molecular complexity index is 949. The lowest BCUT2D eigenvalue weighted by Gasteiger charge is -2.18. The molecule has 27 heavy (non-hydrogen) atoms. The molecular formula is C18H19N5O3S. The molecule has 4 rings (SSSR count). The monoisotopic (exact) mass is 385 g/mol. The molecule has 0 bridgehead atoms. The summed E-state index contributed by atoms with van der Waals surface area (Å²) in [5.74, 6) is 0.979. The van der Waals surface area contributed by atoms with E-state index in [-0.39, 0.29) is 23.7 Å². The topological polar surface area (TPSA) is 97.3 Å². The lowest BCUT2D eigenvalue weighted by molar-refractivity contribution is -0.0181. The zero-order chi connectivity index (χ0) is 18.8. The highest BCUT2D eigenvalue weighted by molar-refractivity contribution is 7.79. The van der Waals surface area contributed by atoms with Crippen LogP contribution in [0.25, 0.3) is 11.2 Å². The van der Waals surface area contributed by atoms with Crippen LogP contribution in [0.4, 0.5) is 5.82 Å². The summed E-state index contributed by atoms with van der Waals surface area (Å²) in [6.07, 6.45) is 3.81. The third-order valence-electron chi connectivity index (χ3n) is 4.47. The van der Waals surface area contributed by atoms with E-state index in [1.54, 1.807) is 6.33 Å². The maximum atomic E-state index is 6.15. The van der Waals surface area contributed by atoms with E-state index in [2.05, 4.69) is 15.0 Å². The van der Waals surface area contributed by atoms with E-state index < -0.39 is 0 Å². The van der Waals surface area contributed by atoms with Crippen molar-refractivity contribution in [2.24, 2.45) is 0 Å². The van der Waals surface area contributed by atoms with Gasteiger partial charge in [-0.15, -0.1) is 0 Å². The van der Waals surface area contributed by atoms with Crippen LogP contribution in [0.15, 0.2) is 43.0 Å². The Morgan fingerprint density at radius 2 is 2.11 bits per heavy atom. The van der Waals surface area contributed by atoms with E-state index in [0.717, 1.165) is 6.42 Å². The zero-order valence-corrected chi connectivity index (χ0v) is 15.5. The number of hydrogen-bond donors (Lipinski definition) is 1. The normalized spacial score (nSPS) is 22.0. The molecule has 0 amide bonds. The first-order valence-electron chi connectivity index (χ1n) is 8.67. The van der Waals surface area contributed by atoms with Gasteiger partial charge in [0, 0.05) is 18.6 Å². The summed E-state index contributed by atoms with van der Waals surface area (Å²) in [4.78, 5) is 12.5. The molecule has 0 radical (unpaired) electrons. The zero-order valence-electron chi connectivity index (χ0n) is 14.7. The summed E-state index contributed by atoms with van der Waals surface area (Å²) in [5.41, 5.74) is 7.05. The third kappa shape index (κ3) is 3.56. The predicted molar refractivity (Wildman–Crippen MR) is 103 cm³/mol. The maximum Gasteiger partial charge on any atom is 0.358 e. The summed E-state index contributed by atoms with van der Waals surface area (Å²) < 4.78 is 19.5. The van der Waals surface area contributed by atoms with Crippen LogP contribution < -0.4 is 10.5 Å². The molecule has 2 N–H and O–H groups in total. The standard InChI is InChI=1S/C18H19N5O3S/c1-2-12-13(26-18(27)24-11-6-4-3-5-7-11)8-14(25-12)23-10-22-15-16(19)20-9-21-17(15)23/h3-7,9-10,12-14H,2,8H2,1H3,(H2,19,20,21). The van der Waals surface area contributed by atoms with Crippen molar-refractivity contribution >= 4 is 34.4 Å². The lowest BCUT2D eigenvalue weighted by Crippen LogP contribution is -2.27. The Morgan fingerprint density at radius 1 is 1.30 bits per heavy atom. The largest absolute Gasteiger partial charge is 0.450 e. The minimum Gasteiger partial charge on any atom is -0.450 e. The Morgan fingerprint density at radius 3 is 2.89 bits per heavy atom. The van der Waals surface area contributed by atoms with Crippen molar-refractivity contribution in [1.29, 1.82) is 0 Å². The number of fused-ring (bicyclic) bond motifs is 1. The third-order valence-corrected chi connectivity index (χ3v) is 4.65. The first-order valence-corrected chi connectivity index (χ1v) is 9.08. The summed E-state index contributed by atoms with van der Waals surface area (Å²) >= 11 is 5.25. The van der Waals surface area contributed by atoms with E-state index in [9.17, 15) is 0 Å². The molecule has 8 nitrogen and oxygen atoms in total. The van der Waals surface area contributed by atoms with Gasteiger partial charge in [0.2, 0.25) is 0 Å². The van der Waals surface area contributed by atoms with Gasteiger partial charge in [0.15, 0.2) is 11.5 Å². The van der Waals surface area contributed by atoms with Gasteiger partial charge in [0.1, 0.15) is 29.9 Å². The molecule has 1 aliphatic heterocycles. The maximum absolute atomic E-state index is 6.15. The van der Waals surface area contributed by atoms with Gasteiger partial charge in [0.25, 0.3) is 0 Å². The van der Waals surface area contributed by atoms with Crippen LogP contribution in [0.3, 0.4) is 0 Å². The summed E-state index contributed by atoms with van der Waals surface area (Å²) in [6.45, 7) is 2.04. The number of rotatable bonds is 4. The number of ether oxygens (including phenoxy) is 3. The second kappa shape index (κ2) is 7.45. The highest BCUT2D eigenvalue weighted by atomic mass is 32.1. The molecule has 0 spiro atoms. The fourth-order valence-corrected chi connectivity index (χ4v) is 3.39. The number of thiocarbonyl (C=S) groups is 1. The molecule has 9 heteroatoms. The molecule has 0 saturated carbocycles. The number of anilines is 1. The molecule has 1 saturated heterocycles. The Labute approximate surface area is 161 Å². The summed E-state index contributed by atoms with van der Waals surface area (Å²) in [6, 6.07) is 9.30. The van der Waals surface area contributed by atoms with Crippen LogP contribution in [-0.4, -0.2) is 37.0 Å². The first kappa shape index (κ1) is 17.6. The van der Waals surface area contributed by atoms with Crippen molar-refractivity contribution < 1.29 is 14.2 Å². The van der Waals surface area contributed by atoms with Crippen LogP contribution in [0, 0.1) is 0 Å². The van der Waals surface area contributed by atoms with Gasteiger partial charge in [-0.3, -0.25) is 4.57 Å². The minimum atomic E-state index is -0.279. The fourth-order valence-electron chi connectivity index (χ4n) is 3.17. The number of nitrogens with two attached hydrogens (primary N) is 1. The average molecular weight is 385 g/mol. The van der Waals surface area contributed by atoms with Crippen molar-refractivity contribution in [3.8, 4) is 5.75 Å². The number of benzene rings is 1. The van der Waals surface area contributed by atoms with E-state index in [1.165, 1.54) is 6.33 Å². The van der Waals surface area contributed by atoms with Crippen LogP contribution >= 0.6 is 12.2 Å². The van der Waals surface area contributed by atoms with Crippen LogP contribution in [-0.2, 0) is 9.47 Å². The Hall–Kier alpha value is -2.78. The molecule has 3 unspecified atom stereocenters. The summed E-state index contributed by atoms with van der Waals surface area (Å²) in [7, 11) is 0. The van der Waals surface area contributed by atoms with Gasteiger partial charge in [-0.05, 0) is 18.6 Å². The quantitative estimate of drug-likeness (QED) is 0.685. The number of hydrogen-bond acceptors (Lipinski definition) is 8. The molecule has 3 aromatic rings. The highest BCUT2D eigenvalue weighted by Crippen LogP contribution is 2.34. The smallest absolute Gasteiger partial charge is 0.358 e. The SMILES string of the molecule is CCC1OC(n2cnc3c(N)ncnc32)CC1OC(=S)Oc1ccccc1. The van der Waals surface area contributed by atoms with Crippen LogP contribution in [0.1, 0.15) is 26.0 Å². The van der Waals surface area contributed by atoms with Gasteiger partial charge in [-0.2, -0.15) is 0 Å². The van der Waals surface area contributed by atoms with E-state index in [1.807, 2.05) is 41.8 Å². The van der Waals surface area contributed by atoms with E-state index >= 15 is 0 Å². The molecule has 3 heterocycles. The van der Waals surface area contributed by atoms with E-state index in [0.29, 0.717) is 29.2 Å². The molecule has 140 valence electrons. The van der Waals surface area contributed by atoms with Crippen LogP contribution in [0.2, 0.25) is 0 Å². The molecular weight excluding hydrogens is 366 g/mol. The van der Waals surface area contributed by atoms with Gasteiger partial charge in [-0.1, -0.05) is 25.1 Å². The van der Waals surface area contributed by atoms with Gasteiger partial charge < -0.3 is 19.9 Å². The number of nitrogen functional groups attached to an aromatic ring is 1. The lowest BCUT2D eigenvalue weighted by atomic mass is 10.1. The minimum absolute atomic E-state index is 0.0796.